The minimum Gasteiger partial charge on any atom is -0.494 e. The van der Waals surface area contributed by atoms with Gasteiger partial charge in [0, 0.05) is 21.6 Å². The highest BCUT2D eigenvalue weighted by Crippen LogP contribution is 2.33. The number of halogens is 2. The van der Waals surface area contributed by atoms with Gasteiger partial charge in [-0.1, -0.05) is 34.1 Å². The molecule has 0 unspecified atom stereocenters. The Morgan fingerprint density at radius 1 is 1.00 bits per heavy atom. The van der Waals surface area contributed by atoms with Crippen LogP contribution in [0.2, 0.25) is 0 Å². The van der Waals surface area contributed by atoms with Crippen LogP contribution in [0.4, 0.5) is 11.4 Å². The molecule has 1 aromatic heterocycles. The number of rotatable bonds is 7. The molecule has 0 bridgehead atoms. The summed E-state index contributed by atoms with van der Waals surface area (Å²) in [6.45, 7) is 1.72. The molecule has 0 fully saturated rings. The number of anilines is 2. The average Bonchev–Trinajstić information content (AvgIpc) is 3.24. The molecule has 0 saturated heterocycles. The van der Waals surface area contributed by atoms with Crippen LogP contribution in [-0.2, 0) is 4.79 Å². The molecule has 2 N–H and O–H groups in total. The SMILES string of the molecule is COc1cc(NC(=O)COc2c(C)cc(Br)cc2Br)ccc1NC(=O)c1cc2ccccc2o1. The molecule has 7 nitrogen and oxygen atoms in total. The second-order valence-corrected chi connectivity index (χ2v) is 9.16. The number of benzene rings is 3. The normalized spacial score (nSPS) is 10.7. The molecule has 1 heterocycles. The van der Waals surface area contributed by atoms with E-state index in [0.717, 1.165) is 19.9 Å². The summed E-state index contributed by atoms with van der Waals surface area (Å²) >= 11 is 6.86. The summed E-state index contributed by atoms with van der Waals surface area (Å²) in [7, 11) is 1.48. The molecule has 4 rings (SSSR count). The van der Waals surface area contributed by atoms with Gasteiger partial charge in [0.1, 0.15) is 17.1 Å². The molecule has 0 aliphatic rings. The predicted molar refractivity (Wildman–Crippen MR) is 138 cm³/mol. The Hall–Kier alpha value is -3.30. The number of furan rings is 1. The number of hydrogen-bond donors (Lipinski definition) is 2. The van der Waals surface area contributed by atoms with Crippen molar-refractivity contribution in [1.29, 1.82) is 0 Å². The number of carbonyl (C=O) groups excluding carboxylic acids is 2. The number of amides is 2. The van der Waals surface area contributed by atoms with Crippen LogP contribution in [0, 0.1) is 6.92 Å². The lowest BCUT2D eigenvalue weighted by Gasteiger charge is -2.14. The van der Waals surface area contributed by atoms with Crippen molar-refractivity contribution in [3.63, 3.8) is 0 Å². The highest BCUT2D eigenvalue weighted by Gasteiger charge is 2.16. The standard InChI is InChI=1S/C25H20Br2N2O5/c1-14-9-16(26)11-18(27)24(14)33-13-23(30)28-17-7-8-19(21(12-17)32-2)29-25(31)22-10-15-5-3-4-6-20(15)34-22/h3-12H,13H2,1-2H3,(H,28,30)(H,29,31). The zero-order chi connectivity index (χ0) is 24.2. The first kappa shape index (κ1) is 23.8. The molecular formula is C25H20Br2N2O5. The third-order valence-corrected chi connectivity index (χ3v) is 5.97. The molecule has 0 atom stereocenters. The lowest BCUT2D eigenvalue weighted by atomic mass is 10.2. The molecule has 2 amide bonds. The number of para-hydroxylation sites is 1. The maximum Gasteiger partial charge on any atom is 0.291 e. The lowest BCUT2D eigenvalue weighted by Crippen LogP contribution is -2.20. The number of nitrogens with one attached hydrogen (secondary N) is 2. The molecule has 0 saturated carbocycles. The summed E-state index contributed by atoms with van der Waals surface area (Å²) in [6, 6.07) is 17.7. The van der Waals surface area contributed by atoms with Gasteiger partial charge in [-0.15, -0.1) is 0 Å². The van der Waals surface area contributed by atoms with E-state index in [1.165, 1.54) is 7.11 Å². The van der Waals surface area contributed by atoms with E-state index in [9.17, 15) is 9.59 Å². The molecule has 9 heteroatoms. The van der Waals surface area contributed by atoms with Gasteiger partial charge in [-0.3, -0.25) is 9.59 Å². The van der Waals surface area contributed by atoms with Crippen molar-refractivity contribution in [2.75, 3.05) is 24.4 Å². The third kappa shape index (κ3) is 5.43. The first-order chi connectivity index (χ1) is 16.3. The second kappa shape index (κ2) is 10.3. The van der Waals surface area contributed by atoms with Gasteiger partial charge in [0.15, 0.2) is 12.4 Å². The molecule has 0 aliphatic heterocycles. The van der Waals surface area contributed by atoms with Crippen molar-refractivity contribution in [3.05, 3.63) is 80.9 Å². The molecule has 0 radical (unpaired) electrons. The zero-order valence-corrected chi connectivity index (χ0v) is 21.4. The van der Waals surface area contributed by atoms with Gasteiger partial charge in [-0.2, -0.15) is 0 Å². The van der Waals surface area contributed by atoms with Crippen LogP contribution in [0.3, 0.4) is 0 Å². The fourth-order valence-electron chi connectivity index (χ4n) is 3.36. The Bertz CT molecular complexity index is 1330. The van der Waals surface area contributed by atoms with Crippen LogP contribution in [0.15, 0.2) is 74.0 Å². The Balaban J connectivity index is 1.41. The molecule has 174 valence electrons. The van der Waals surface area contributed by atoms with Crippen molar-refractivity contribution in [1.82, 2.24) is 0 Å². The first-order valence-electron chi connectivity index (χ1n) is 10.2. The van der Waals surface area contributed by atoms with Gasteiger partial charge in [0.2, 0.25) is 0 Å². The van der Waals surface area contributed by atoms with E-state index in [-0.39, 0.29) is 18.3 Å². The fourth-order valence-corrected chi connectivity index (χ4v) is 4.91. The van der Waals surface area contributed by atoms with Gasteiger partial charge in [-0.25, -0.2) is 0 Å². The molecule has 0 spiro atoms. The van der Waals surface area contributed by atoms with Crippen LogP contribution < -0.4 is 20.1 Å². The third-order valence-electron chi connectivity index (χ3n) is 4.92. The second-order valence-electron chi connectivity index (χ2n) is 7.39. The highest BCUT2D eigenvalue weighted by molar-refractivity contribution is 9.11. The van der Waals surface area contributed by atoms with Crippen LogP contribution in [0.1, 0.15) is 16.1 Å². The molecule has 3 aromatic carbocycles. The van der Waals surface area contributed by atoms with Crippen molar-refractivity contribution < 1.29 is 23.5 Å². The Labute approximate surface area is 212 Å². The van der Waals surface area contributed by atoms with Crippen molar-refractivity contribution in [2.24, 2.45) is 0 Å². The van der Waals surface area contributed by atoms with Gasteiger partial charge < -0.3 is 24.5 Å². The van der Waals surface area contributed by atoms with Gasteiger partial charge >= 0.3 is 0 Å². The van der Waals surface area contributed by atoms with Crippen LogP contribution in [0.25, 0.3) is 11.0 Å². The Morgan fingerprint density at radius 3 is 2.53 bits per heavy atom. The van der Waals surface area contributed by atoms with E-state index in [1.807, 2.05) is 37.3 Å². The minimum atomic E-state index is -0.407. The van der Waals surface area contributed by atoms with Gasteiger partial charge in [0.25, 0.3) is 11.8 Å². The van der Waals surface area contributed by atoms with E-state index in [2.05, 4.69) is 42.5 Å². The predicted octanol–water partition coefficient (Wildman–Crippen LogP) is 6.54. The number of ether oxygens (including phenoxy) is 2. The zero-order valence-electron chi connectivity index (χ0n) is 18.3. The summed E-state index contributed by atoms with van der Waals surface area (Å²) in [6.07, 6.45) is 0. The van der Waals surface area contributed by atoms with Gasteiger partial charge in [0.05, 0.1) is 17.3 Å². The number of hydrogen-bond acceptors (Lipinski definition) is 5. The largest absolute Gasteiger partial charge is 0.494 e. The summed E-state index contributed by atoms with van der Waals surface area (Å²) in [5, 5.41) is 6.38. The first-order valence-corrected chi connectivity index (χ1v) is 11.8. The van der Waals surface area contributed by atoms with E-state index >= 15 is 0 Å². The van der Waals surface area contributed by atoms with Crippen LogP contribution in [0.5, 0.6) is 11.5 Å². The fraction of sp³-hybridized carbons (Fsp3) is 0.120. The van der Waals surface area contributed by atoms with E-state index in [0.29, 0.717) is 28.5 Å². The smallest absolute Gasteiger partial charge is 0.291 e. The molecular weight excluding hydrogens is 568 g/mol. The molecule has 34 heavy (non-hydrogen) atoms. The maximum absolute atomic E-state index is 12.7. The molecule has 0 aliphatic carbocycles. The van der Waals surface area contributed by atoms with Crippen LogP contribution in [-0.4, -0.2) is 25.5 Å². The lowest BCUT2D eigenvalue weighted by molar-refractivity contribution is -0.118. The number of methoxy groups -OCH3 is 1. The average molecular weight is 588 g/mol. The van der Waals surface area contributed by atoms with E-state index in [1.54, 1.807) is 30.3 Å². The monoisotopic (exact) mass is 586 g/mol. The topological polar surface area (TPSA) is 89.8 Å². The van der Waals surface area contributed by atoms with Crippen molar-refractivity contribution in [3.8, 4) is 11.5 Å². The quantitative estimate of drug-likeness (QED) is 0.256. The number of carbonyl (C=O) groups is 2. The summed E-state index contributed by atoms with van der Waals surface area (Å²) in [5.74, 6) is 0.423. The van der Waals surface area contributed by atoms with Crippen molar-refractivity contribution >= 4 is 66.0 Å². The summed E-state index contributed by atoms with van der Waals surface area (Å²) in [5.41, 5.74) is 2.46. The van der Waals surface area contributed by atoms with Crippen molar-refractivity contribution in [2.45, 2.75) is 6.92 Å². The van der Waals surface area contributed by atoms with E-state index in [4.69, 9.17) is 13.9 Å². The highest BCUT2D eigenvalue weighted by atomic mass is 79.9. The molecule has 4 aromatic rings. The number of fused-ring (bicyclic) bond motifs is 1. The van der Waals surface area contributed by atoms with Gasteiger partial charge in [-0.05, 0) is 64.8 Å². The number of aryl methyl sites for hydroxylation is 1. The maximum atomic E-state index is 12.7. The summed E-state index contributed by atoms with van der Waals surface area (Å²) < 4.78 is 18.3. The minimum absolute atomic E-state index is 0.173. The van der Waals surface area contributed by atoms with E-state index < -0.39 is 5.91 Å². The van der Waals surface area contributed by atoms with Crippen LogP contribution >= 0.6 is 31.9 Å². The Kier molecular flexibility index (Phi) is 7.23. The Morgan fingerprint density at radius 2 is 1.79 bits per heavy atom. The summed E-state index contributed by atoms with van der Waals surface area (Å²) in [4.78, 5) is 25.1.